The van der Waals surface area contributed by atoms with E-state index in [0.717, 1.165) is 5.56 Å². The van der Waals surface area contributed by atoms with Crippen molar-refractivity contribution < 1.29 is 17.9 Å². The van der Waals surface area contributed by atoms with Gasteiger partial charge in [0.2, 0.25) is 9.84 Å². The third-order valence-electron chi connectivity index (χ3n) is 4.27. The Morgan fingerprint density at radius 1 is 1.03 bits per heavy atom. The molecule has 0 spiro atoms. The Hall–Kier alpha value is -3.27. The zero-order valence-electron chi connectivity index (χ0n) is 16.1. The van der Waals surface area contributed by atoms with E-state index in [0.29, 0.717) is 22.1 Å². The van der Waals surface area contributed by atoms with Gasteiger partial charge in [0.25, 0.3) is 0 Å². The number of allylic oxidation sites excluding steroid dienone is 1. The van der Waals surface area contributed by atoms with E-state index in [-0.39, 0.29) is 11.5 Å². The highest BCUT2D eigenvalue weighted by atomic mass is 35.5. The van der Waals surface area contributed by atoms with Crippen LogP contribution >= 0.6 is 11.6 Å². The Bertz CT molecular complexity index is 1200. The summed E-state index contributed by atoms with van der Waals surface area (Å²) < 4.78 is 37.1. The molecule has 0 aliphatic carbocycles. The maximum absolute atomic E-state index is 12.9. The van der Waals surface area contributed by atoms with Crippen LogP contribution in [0.25, 0.3) is 6.08 Å². The van der Waals surface area contributed by atoms with Crippen LogP contribution in [0.2, 0.25) is 5.02 Å². The average Bonchev–Trinajstić information content (AvgIpc) is 2.77. The second-order valence-corrected chi connectivity index (χ2v) is 8.59. The molecule has 5 nitrogen and oxygen atoms in total. The summed E-state index contributed by atoms with van der Waals surface area (Å²) in [6.07, 6.45) is 1.28. The number of nitriles is 1. The van der Waals surface area contributed by atoms with E-state index in [1.165, 1.54) is 37.5 Å². The van der Waals surface area contributed by atoms with Crippen LogP contribution in [0.5, 0.6) is 11.5 Å². The molecular formula is C23H18ClNO4S. The second-order valence-electron chi connectivity index (χ2n) is 6.23. The number of halogens is 1. The molecule has 0 saturated heterocycles. The molecule has 0 atom stereocenters. The van der Waals surface area contributed by atoms with Crippen LogP contribution in [0.1, 0.15) is 11.1 Å². The molecule has 0 bridgehead atoms. The lowest BCUT2D eigenvalue weighted by atomic mass is 10.1. The Balaban J connectivity index is 2.02. The van der Waals surface area contributed by atoms with E-state index in [9.17, 15) is 13.7 Å². The third kappa shape index (κ3) is 4.82. The Labute approximate surface area is 180 Å². The molecule has 3 aromatic carbocycles. The number of rotatable bonds is 7. The normalized spacial score (nSPS) is 11.6. The second kappa shape index (κ2) is 9.49. The molecular weight excluding hydrogens is 422 g/mol. The van der Waals surface area contributed by atoms with Crippen molar-refractivity contribution >= 4 is 27.5 Å². The average molecular weight is 440 g/mol. The lowest BCUT2D eigenvalue weighted by Gasteiger charge is -2.14. The highest BCUT2D eigenvalue weighted by Crippen LogP contribution is 2.34. The number of hydrogen-bond acceptors (Lipinski definition) is 5. The SMILES string of the molecule is COc1cccc(C=C(C#N)S(=O)(=O)c2ccc(Cl)cc2)c1OCc1ccccc1. The largest absolute Gasteiger partial charge is 0.493 e. The van der Waals surface area contributed by atoms with Crippen molar-refractivity contribution in [1.29, 1.82) is 5.26 Å². The van der Waals surface area contributed by atoms with Gasteiger partial charge in [-0.25, -0.2) is 8.42 Å². The van der Waals surface area contributed by atoms with Crippen LogP contribution < -0.4 is 9.47 Å². The topological polar surface area (TPSA) is 76.4 Å². The molecule has 0 saturated carbocycles. The molecule has 0 radical (unpaired) electrons. The van der Waals surface area contributed by atoms with Gasteiger partial charge in [-0.2, -0.15) is 5.26 Å². The lowest BCUT2D eigenvalue weighted by molar-refractivity contribution is 0.284. The molecule has 0 aliphatic heterocycles. The van der Waals surface area contributed by atoms with Crippen LogP contribution in [-0.2, 0) is 16.4 Å². The maximum Gasteiger partial charge on any atom is 0.216 e. The van der Waals surface area contributed by atoms with Crippen molar-refractivity contribution in [3.63, 3.8) is 0 Å². The molecule has 0 aliphatic rings. The van der Waals surface area contributed by atoms with Gasteiger partial charge in [-0.1, -0.05) is 54.1 Å². The van der Waals surface area contributed by atoms with Crippen molar-refractivity contribution in [3.8, 4) is 17.6 Å². The number of sulfone groups is 1. The van der Waals surface area contributed by atoms with Gasteiger partial charge in [0.15, 0.2) is 11.5 Å². The summed E-state index contributed by atoms with van der Waals surface area (Å²) in [5, 5.41) is 9.97. The van der Waals surface area contributed by atoms with Gasteiger partial charge in [-0.05, 0) is 42.0 Å². The first-order valence-electron chi connectivity index (χ1n) is 8.92. The molecule has 7 heteroatoms. The number of benzene rings is 3. The van der Waals surface area contributed by atoms with Crippen LogP contribution in [0.3, 0.4) is 0 Å². The van der Waals surface area contributed by atoms with Crippen molar-refractivity contribution in [3.05, 3.63) is 93.9 Å². The smallest absolute Gasteiger partial charge is 0.216 e. The van der Waals surface area contributed by atoms with Gasteiger partial charge in [0.1, 0.15) is 17.6 Å². The minimum Gasteiger partial charge on any atom is -0.493 e. The Kier molecular flexibility index (Phi) is 6.78. The first kappa shape index (κ1) is 21.4. The van der Waals surface area contributed by atoms with Gasteiger partial charge in [0.05, 0.1) is 12.0 Å². The fourth-order valence-electron chi connectivity index (χ4n) is 2.74. The number of ether oxygens (including phenoxy) is 2. The molecule has 0 unspecified atom stereocenters. The maximum atomic E-state index is 12.9. The van der Waals surface area contributed by atoms with Crippen molar-refractivity contribution in [2.45, 2.75) is 11.5 Å². The van der Waals surface area contributed by atoms with E-state index in [2.05, 4.69) is 0 Å². The summed E-state index contributed by atoms with van der Waals surface area (Å²) in [7, 11) is -2.53. The standard InChI is InChI=1S/C23H18ClNO4S/c1-28-22-9-5-8-18(23(22)29-16-17-6-3-2-4-7-17)14-21(15-25)30(26,27)20-12-10-19(24)11-13-20/h2-14H,16H2,1H3. The van der Waals surface area contributed by atoms with E-state index in [4.69, 9.17) is 21.1 Å². The highest BCUT2D eigenvalue weighted by Gasteiger charge is 2.22. The van der Waals surface area contributed by atoms with E-state index in [1.54, 1.807) is 24.3 Å². The summed E-state index contributed by atoms with van der Waals surface area (Å²) >= 11 is 5.84. The summed E-state index contributed by atoms with van der Waals surface area (Å²) in [5.41, 5.74) is 1.35. The first-order chi connectivity index (χ1) is 14.5. The molecule has 0 N–H and O–H groups in total. The zero-order valence-corrected chi connectivity index (χ0v) is 17.7. The summed E-state index contributed by atoms with van der Waals surface area (Å²) in [6, 6.07) is 22.0. The fourth-order valence-corrected chi connectivity index (χ4v) is 4.02. The van der Waals surface area contributed by atoms with Gasteiger partial charge < -0.3 is 9.47 Å². The minimum absolute atomic E-state index is 0.0191. The van der Waals surface area contributed by atoms with E-state index < -0.39 is 14.7 Å². The number of nitrogens with zero attached hydrogens (tertiary/aromatic N) is 1. The van der Waals surface area contributed by atoms with Crippen molar-refractivity contribution in [2.24, 2.45) is 0 Å². The van der Waals surface area contributed by atoms with Crippen LogP contribution in [0.4, 0.5) is 0 Å². The number of para-hydroxylation sites is 1. The summed E-state index contributed by atoms with van der Waals surface area (Å²) in [5.74, 6) is 0.781. The van der Waals surface area contributed by atoms with E-state index in [1.807, 2.05) is 30.3 Å². The predicted octanol–water partition coefficient (Wildman–Crippen LogP) is 5.27. The quantitative estimate of drug-likeness (QED) is 0.469. The molecule has 0 aromatic heterocycles. The zero-order chi connectivity index (χ0) is 21.6. The Morgan fingerprint density at radius 3 is 2.37 bits per heavy atom. The molecule has 0 fully saturated rings. The van der Waals surface area contributed by atoms with E-state index >= 15 is 0 Å². The van der Waals surface area contributed by atoms with Gasteiger partial charge in [-0.15, -0.1) is 0 Å². The van der Waals surface area contributed by atoms with Gasteiger partial charge in [-0.3, -0.25) is 0 Å². The van der Waals surface area contributed by atoms with Crippen molar-refractivity contribution in [2.75, 3.05) is 7.11 Å². The minimum atomic E-state index is -4.02. The fraction of sp³-hybridized carbons (Fsp3) is 0.0870. The molecule has 3 rings (SSSR count). The molecule has 0 heterocycles. The number of hydrogen-bond donors (Lipinski definition) is 0. The monoisotopic (exact) mass is 439 g/mol. The molecule has 30 heavy (non-hydrogen) atoms. The third-order valence-corrected chi connectivity index (χ3v) is 6.20. The lowest BCUT2D eigenvalue weighted by Crippen LogP contribution is -2.04. The summed E-state index contributed by atoms with van der Waals surface area (Å²) in [6.45, 7) is 0.258. The van der Waals surface area contributed by atoms with Crippen molar-refractivity contribution in [1.82, 2.24) is 0 Å². The molecule has 3 aromatic rings. The van der Waals surface area contributed by atoms with Crippen LogP contribution in [0.15, 0.2) is 82.6 Å². The number of methoxy groups -OCH3 is 1. The first-order valence-corrected chi connectivity index (χ1v) is 10.8. The molecule has 0 amide bonds. The van der Waals surface area contributed by atoms with Crippen LogP contribution in [-0.4, -0.2) is 15.5 Å². The summed E-state index contributed by atoms with van der Waals surface area (Å²) in [4.78, 5) is -0.433. The highest BCUT2D eigenvalue weighted by molar-refractivity contribution is 7.95. The van der Waals surface area contributed by atoms with Gasteiger partial charge >= 0.3 is 0 Å². The Morgan fingerprint density at radius 2 is 1.73 bits per heavy atom. The van der Waals surface area contributed by atoms with Crippen LogP contribution in [0, 0.1) is 11.3 Å². The molecule has 152 valence electrons. The predicted molar refractivity (Wildman–Crippen MR) is 116 cm³/mol. The van der Waals surface area contributed by atoms with Gasteiger partial charge in [0, 0.05) is 10.6 Å².